The summed E-state index contributed by atoms with van der Waals surface area (Å²) in [5.74, 6) is 0.523. The highest BCUT2D eigenvalue weighted by Crippen LogP contribution is 2.53. The minimum atomic E-state index is -3.84. The Morgan fingerprint density at radius 1 is 1.44 bits per heavy atom. The van der Waals surface area contributed by atoms with Gasteiger partial charge in [0.25, 0.3) is 0 Å². The Balaban J connectivity index is 2.57. The van der Waals surface area contributed by atoms with E-state index in [0.29, 0.717) is 12.3 Å². The van der Waals surface area contributed by atoms with Crippen LogP contribution in [-0.4, -0.2) is 12.3 Å². The summed E-state index contributed by atoms with van der Waals surface area (Å²) >= 11 is 0. The highest BCUT2D eigenvalue weighted by Gasteiger charge is 2.36. The van der Waals surface area contributed by atoms with Crippen molar-refractivity contribution in [1.82, 2.24) is 0 Å². The van der Waals surface area contributed by atoms with E-state index in [1.54, 1.807) is 0 Å². The molecule has 0 bridgehead atoms. The molecule has 0 N–H and O–H groups in total. The van der Waals surface area contributed by atoms with Gasteiger partial charge < -0.3 is 4.52 Å². The third-order valence-electron chi connectivity index (χ3n) is 3.14. The summed E-state index contributed by atoms with van der Waals surface area (Å²) < 4.78 is 30.3. The maximum atomic E-state index is 13.6. The molecule has 0 amide bonds. The maximum Gasteiger partial charge on any atom is 0.367 e. The van der Waals surface area contributed by atoms with E-state index in [1.807, 2.05) is 6.92 Å². The van der Waals surface area contributed by atoms with Crippen molar-refractivity contribution in [2.24, 2.45) is 11.3 Å². The molecule has 96 valence electrons. The Hall–Kier alpha value is 0.120. The summed E-state index contributed by atoms with van der Waals surface area (Å²) in [6.45, 7) is 8.31. The minimum Gasteiger partial charge on any atom is -0.302 e. The topological polar surface area (TPSA) is 26.3 Å². The number of halogens is 1. The van der Waals surface area contributed by atoms with Crippen LogP contribution in [0.1, 0.15) is 53.4 Å². The molecule has 0 saturated heterocycles. The van der Waals surface area contributed by atoms with Crippen LogP contribution in [0, 0.1) is 11.3 Å². The number of rotatable bonds is 4. The summed E-state index contributed by atoms with van der Waals surface area (Å²) in [7, 11) is -3.84. The van der Waals surface area contributed by atoms with Crippen LogP contribution < -0.4 is 0 Å². The fourth-order valence-electron chi connectivity index (χ4n) is 2.88. The van der Waals surface area contributed by atoms with Gasteiger partial charge in [0, 0.05) is 0 Å². The Morgan fingerprint density at radius 3 is 2.56 bits per heavy atom. The summed E-state index contributed by atoms with van der Waals surface area (Å²) in [4.78, 5) is 0. The smallest absolute Gasteiger partial charge is 0.302 e. The second kappa shape index (κ2) is 5.18. The van der Waals surface area contributed by atoms with Crippen molar-refractivity contribution in [3.8, 4) is 0 Å². The molecule has 0 aliphatic heterocycles. The first-order valence-corrected chi connectivity index (χ1v) is 7.91. The molecule has 0 aromatic carbocycles. The predicted octanol–water partition coefficient (Wildman–Crippen LogP) is 4.79. The molecule has 4 heteroatoms. The van der Waals surface area contributed by atoms with Gasteiger partial charge in [0.1, 0.15) is 0 Å². The molecule has 0 radical (unpaired) electrons. The normalized spacial score (nSPS) is 33.3. The molecule has 0 heterocycles. The summed E-state index contributed by atoms with van der Waals surface area (Å²) in [5, 5.41) is 0. The molecule has 0 aromatic rings. The lowest BCUT2D eigenvalue weighted by Crippen LogP contribution is -2.31. The molecular formula is C12H24FO2P. The second-order valence-electron chi connectivity index (χ2n) is 5.95. The molecule has 16 heavy (non-hydrogen) atoms. The quantitative estimate of drug-likeness (QED) is 0.670. The van der Waals surface area contributed by atoms with Gasteiger partial charge in [-0.1, -0.05) is 27.7 Å². The SMILES string of the molecule is CCCP(=O)(F)OC1CC(C)CC(C)(C)C1. The summed E-state index contributed by atoms with van der Waals surface area (Å²) in [6.07, 6.45) is 3.24. The van der Waals surface area contributed by atoms with Crippen LogP contribution in [0.5, 0.6) is 0 Å². The fourth-order valence-corrected chi connectivity index (χ4v) is 4.13. The van der Waals surface area contributed by atoms with Crippen molar-refractivity contribution in [2.75, 3.05) is 6.16 Å². The van der Waals surface area contributed by atoms with Crippen LogP contribution in [0.15, 0.2) is 0 Å². The average Bonchev–Trinajstić information content (AvgIpc) is 1.96. The molecule has 1 rings (SSSR count). The highest BCUT2D eigenvalue weighted by atomic mass is 31.2. The van der Waals surface area contributed by atoms with Gasteiger partial charge in [0.2, 0.25) is 0 Å². The molecule has 1 saturated carbocycles. The lowest BCUT2D eigenvalue weighted by Gasteiger charge is -2.38. The van der Waals surface area contributed by atoms with Crippen molar-refractivity contribution in [3.05, 3.63) is 0 Å². The molecule has 3 atom stereocenters. The molecule has 3 unspecified atom stereocenters. The fraction of sp³-hybridized carbons (Fsp3) is 1.00. The Kier molecular flexibility index (Phi) is 4.59. The predicted molar refractivity (Wildman–Crippen MR) is 65.5 cm³/mol. The Bertz CT molecular complexity index is 278. The van der Waals surface area contributed by atoms with Crippen LogP contribution >= 0.6 is 7.68 Å². The zero-order valence-corrected chi connectivity index (χ0v) is 11.7. The van der Waals surface area contributed by atoms with E-state index in [4.69, 9.17) is 4.52 Å². The third-order valence-corrected chi connectivity index (χ3v) is 4.74. The molecule has 2 nitrogen and oxygen atoms in total. The molecule has 0 aromatic heterocycles. The van der Waals surface area contributed by atoms with E-state index in [2.05, 4.69) is 20.8 Å². The second-order valence-corrected chi connectivity index (χ2v) is 7.79. The van der Waals surface area contributed by atoms with Crippen LogP contribution in [-0.2, 0) is 9.09 Å². The van der Waals surface area contributed by atoms with Crippen molar-refractivity contribution in [1.29, 1.82) is 0 Å². The summed E-state index contributed by atoms with van der Waals surface area (Å²) in [6, 6.07) is 0. The van der Waals surface area contributed by atoms with Gasteiger partial charge in [-0.25, -0.2) is 0 Å². The zero-order valence-electron chi connectivity index (χ0n) is 10.8. The van der Waals surface area contributed by atoms with E-state index >= 15 is 0 Å². The van der Waals surface area contributed by atoms with Gasteiger partial charge in [0.15, 0.2) is 0 Å². The lowest BCUT2D eigenvalue weighted by atomic mass is 9.72. The van der Waals surface area contributed by atoms with Crippen molar-refractivity contribution >= 4 is 7.68 Å². The minimum absolute atomic E-state index is 0.0539. The van der Waals surface area contributed by atoms with Gasteiger partial charge in [-0.05, 0) is 37.0 Å². The van der Waals surface area contributed by atoms with Crippen molar-refractivity contribution < 1.29 is 13.3 Å². The van der Waals surface area contributed by atoms with Crippen molar-refractivity contribution in [2.45, 2.75) is 59.5 Å². The third kappa shape index (κ3) is 4.55. The largest absolute Gasteiger partial charge is 0.367 e. The first-order valence-electron chi connectivity index (χ1n) is 6.21. The molecule has 1 aliphatic rings. The first-order chi connectivity index (χ1) is 7.24. The van der Waals surface area contributed by atoms with E-state index < -0.39 is 7.68 Å². The molecule has 1 fully saturated rings. The van der Waals surface area contributed by atoms with Gasteiger partial charge in [-0.3, -0.25) is 4.57 Å². The highest BCUT2D eigenvalue weighted by molar-refractivity contribution is 7.53. The van der Waals surface area contributed by atoms with Crippen LogP contribution in [0.2, 0.25) is 0 Å². The monoisotopic (exact) mass is 250 g/mol. The van der Waals surface area contributed by atoms with Gasteiger partial charge in [-0.2, -0.15) is 4.20 Å². The zero-order chi connectivity index (χ0) is 12.4. The Morgan fingerprint density at radius 2 is 2.06 bits per heavy atom. The van der Waals surface area contributed by atoms with Gasteiger partial charge in [-0.15, -0.1) is 0 Å². The van der Waals surface area contributed by atoms with Gasteiger partial charge in [0.05, 0.1) is 12.3 Å². The average molecular weight is 250 g/mol. The lowest BCUT2D eigenvalue weighted by molar-refractivity contribution is 0.0531. The Labute approximate surface area is 98.5 Å². The van der Waals surface area contributed by atoms with E-state index in [-0.39, 0.29) is 17.7 Å². The first kappa shape index (κ1) is 14.2. The maximum absolute atomic E-state index is 13.6. The summed E-state index contributed by atoms with van der Waals surface area (Å²) in [5.41, 5.74) is 0.175. The number of hydrogen-bond donors (Lipinski definition) is 0. The molecule has 0 spiro atoms. The van der Waals surface area contributed by atoms with Gasteiger partial charge >= 0.3 is 7.68 Å². The molecular weight excluding hydrogens is 226 g/mol. The van der Waals surface area contributed by atoms with E-state index in [0.717, 1.165) is 19.3 Å². The van der Waals surface area contributed by atoms with Crippen molar-refractivity contribution in [3.63, 3.8) is 0 Å². The van der Waals surface area contributed by atoms with Crippen LogP contribution in [0.4, 0.5) is 4.20 Å². The van der Waals surface area contributed by atoms with E-state index in [9.17, 15) is 8.76 Å². The van der Waals surface area contributed by atoms with E-state index in [1.165, 1.54) is 0 Å². The molecule has 1 aliphatic carbocycles. The van der Waals surface area contributed by atoms with Crippen LogP contribution in [0.25, 0.3) is 0 Å². The van der Waals surface area contributed by atoms with Crippen LogP contribution in [0.3, 0.4) is 0 Å². The standard InChI is InChI=1S/C12H24FO2P/c1-5-6-16(13,14)15-11-7-10(2)8-12(3,4)9-11/h10-11H,5-9H2,1-4H3. The number of hydrogen-bond acceptors (Lipinski definition) is 2.